The zero-order valence-electron chi connectivity index (χ0n) is 11.9. The first kappa shape index (κ1) is 14.8. The summed E-state index contributed by atoms with van der Waals surface area (Å²) in [6, 6.07) is 3.58. The Kier molecular flexibility index (Phi) is 5.35. The van der Waals surface area contributed by atoms with Gasteiger partial charge in [0, 0.05) is 6.20 Å². The Morgan fingerprint density at radius 3 is 2.85 bits per heavy atom. The van der Waals surface area contributed by atoms with Gasteiger partial charge in [0.15, 0.2) is 0 Å². The third-order valence-corrected chi connectivity index (χ3v) is 4.03. The predicted molar refractivity (Wildman–Crippen MR) is 75.7 cm³/mol. The number of aromatic nitrogens is 1. The standard InChI is InChI=1S/C15H22N2O3/c1-2-17-8-5-12(6-9-17)14(15(18)19)11-20-13-4-3-7-16-10-13/h3-4,7,10,12,14H,2,5-6,8-9,11H2,1H3,(H,18,19). The van der Waals surface area contributed by atoms with Crippen LogP contribution in [0.25, 0.3) is 0 Å². The monoisotopic (exact) mass is 278 g/mol. The highest BCUT2D eigenvalue weighted by atomic mass is 16.5. The molecule has 1 atom stereocenters. The molecule has 0 spiro atoms. The van der Waals surface area contributed by atoms with Crippen LogP contribution in [0.5, 0.6) is 5.75 Å². The molecule has 1 aliphatic rings. The van der Waals surface area contributed by atoms with Gasteiger partial charge in [-0.3, -0.25) is 9.78 Å². The Bertz CT molecular complexity index is 416. The number of carboxylic acids is 1. The second-order valence-electron chi connectivity index (χ2n) is 5.22. The summed E-state index contributed by atoms with van der Waals surface area (Å²) in [6.07, 6.45) is 5.14. The van der Waals surface area contributed by atoms with Crippen molar-refractivity contribution < 1.29 is 14.6 Å². The average Bonchev–Trinajstić information content (AvgIpc) is 2.49. The van der Waals surface area contributed by atoms with Crippen molar-refractivity contribution in [1.82, 2.24) is 9.88 Å². The molecule has 1 N–H and O–H groups in total. The van der Waals surface area contributed by atoms with E-state index >= 15 is 0 Å². The highest BCUT2D eigenvalue weighted by Crippen LogP contribution is 2.26. The third-order valence-electron chi connectivity index (χ3n) is 4.03. The van der Waals surface area contributed by atoms with Crippen LogP contribution in [0, 0.1) is 11.8 Å². The number of nitrogens with zero attached hydrogens (tertiary/aromatic N) is 2. The normalized spacial score (nSPS) is 18.6. The lowest BCUT2D eigenvalue weighted by Crippen LogP contribution is -2.39. The molecule has 1 aromatic heterocycles. The fourth-order valence-corrected chi connectivity index (χ4v) is 2.70. The molecule has 5 nitrogen and oxygen atoms in total. The van der Waals surface area contributed by atoms with Gasteiger partial charge in [-0.15, -0.1) is 0 Å². The van der Waals surface area contributed by atoms with Crippen LogP contribution in [-0.2, 0) is 4.79 Å². The Balaban J connectivity index is 1.89. The van der Waals surface area contributed by atoms with Crippen molar-refractivity contribution in [3.05, 3.63) is 24.5 Å². The van der Waals surface area contributed by atoms with Gasteiger partial charge >= 0.3 is 5.97 Å². The molecule has 0 bridgehead atoms. The summed E-state index contributed by atoms with van der Waals surface area (Å²) in [5.41, 5.74) is 0. The van der Waals surface area contributed by atoms with E-state index in [1.54, 1.807) is 24.5 Å². The molecule has 1 fully saturated rings. The van der Waals surface area contributed by atoms with E-state index in [0.717, 1.165) is 32.5 Å². The second-order valence-corrected chi connectivity index (χ2v) is 5.22. The number of pyridine rings is 1. The molecule has 1 unspecified atom stereocenters. The van der Waals surface area contributed by atoms with Crippen molar-refractivity contribution >= 4 is 5.97 Å². The van der Waals surface area contributed by atoms with Crippen LogP contribution in [0.2, 0.25) is 0 Å². The Labute approximate surface area is 119 Å². The maximum absolute atomic E-state index is 11.5. The Morgan fingerprint density at radius 2 is 2.30 bits per heavy atom. The number of piperidine rings is 1. The van der Waals surface area contributed by atoms with Crippen molar-refractivity contribution in [2.75, 3.05) is 26.2 Å². The van der Waals surface area contributed by atoms with Gasteiger partial charge in [0.05, 0.1) is 12.1 Å². The highest BCUT2D eigenvalue weighted by Gasteiger charge is 2.31. The minimum absolute atomic E-state index is 0.201. The van der Waals surface area contributed by atoms with Crippen molar-refractivity contribution in [2.24, 2.45) is 11.8 Å². The first-order chi connectivity index (χ1) is 9.70. The van der Waals surface area contributed by atoms with Gasteiger partial charge in [-0.1, -0.05) is 6.92 Å². The lowest BCUT2D eigenvalue weighted by molar-refractivity contribution is -0.145. The summed E-state index contributed by atoms with van der Waals surface area (Å²) in [4.78, 5) is 17.8. The van der Waals surface area contributed by atoms with E-state index in [1.807, 2.05) is 0 Å². The minimum Gasteiger partial charge on any atom is -0.491 e. The molecule has 0 amide bonds. The molecule has 1 aromatic rings. The number of hydrogen-bond acceptors (Lipinski definition) is 4. The molecular formula is C15H22N2O3. The van der Waals surface area contributed by atoms with Gasteiger partial charge in [0.2, 0.25) is 0 Å². The quantitative estimate of drug-likeness (QED) is 0.861. The first-order valence-corrected chi connectivity index (χ1v) is 7.18. The van der Waals surface area contributed by atoms with Gasteiger partial charge in [0.1, 0.15) is 12.4 Å². The summed E-state index contributed by atoms with van der Waals surface area (Å²) in [6.45, 7) is 5.37. The molecule has 20 heavy (non-hydrogen) atoms. The molecule has 0 aromatic carbocycles. The van der Waals surface area contributed by atoms with E-state index in [-0.39, 0.29) is 12.5 Å². The summed E-state index contributed by atoms with van der Waals surface area (Å²) >= 11 is 0. The molecule has 2 heterocycles. The average molecular weight is 278 g/mol. The maximum atomic E-state index is 11.5. The van der Waals surface area contributed by atoms with E-state index in [1.165, 1.54) is 0 Å². The van der Waals surface area contributed by atoms with Gasteiger partial charge in [-0.05, 0) is 50.5 Å². The summed E-state index contributed by atoms with van der Waals surface area (Å²) in [7, 11) is 0. The van der Waals surface area contributed by atoms with E-state index in [4.69, 9.17) is 4.74 Å². The predicted octanol–water partition coefficient (Wildman–Crippen LogP) is 1.89. The number of likely N-dealkylation sites (tertiary alicyclic amines) is 1. The summed E-state index contributed by atoms with van der Waals surface area (Å²) < 4.78 is 5.58. The zero-order valence-corrected chi connectivity index (χ0v) is 11.9. The third kappa shape index (κ3) is 3.93. The fourth-order valence-electron chi connectivity index (χ4n) is 2.70. The molecule has 0 saturated carbocycles. The Hall–Kier alpha value is -1.62. The van der Waals surface area contributed by atoms with E-state index < -0.39 is 11.9 Å². The van der Waals surface area contributed by atoms with Gasteiger partial charge < -0.3 is 14.7 Å². The van der Waals surface area contributed by atoms with Crippen LogP contribution in [0.15, 0.2) is 24.5 Å². The number of hydrogen-bond donors (Lipinski definition) is 1. The van der Waals surface area contributed by atoms with Gasteiger partial charge in [-0.2, -0.15) is 0 Å². The van der Waals surface area contributed by atoms with Crippen molar-refractivity contribution in [2.45, 2.75) is 19.8 Å². The molecule has 5 heteroatoms. The van der Waals surface area contributed by atoms with Crippen molar-refractivity contribution in [3.63, 3.8) is 0 Å². The molecule has 0 aliphatic carbocycles. The number of aliphatic carboxylic acids is 1. The molecule has 110 valence electrons. The molecular weight excluding hydrogens is 256 g/mol. The van der Waals surface area contributed by atoms with Crippen molar-refractivity contribution in [1.29, 1.82) is 0 Å². The van der Waals surface area contributed by atoms with Crippen LogP contribution >= 0.6 is 0 Å². The number of rotatable bonds is 6. The number of ether oxygens (including phenoxy) is 1. The van der Waals surface area contributed by atoms with E-state index in [0.29, 0.717) is 5.75 Å². The Morgan fingerprint density at radius 1 is 1.55 bits per heavy atom. The van der Waals surface area contributed by atoms with E-state index in [9.17, 15) is 9.90 Å². The van der Waals surface area contributed by atoms with Gasteiger partial charge in [0.25, 0.3) is 0 Å². The molecule has 1 aliphatic heterocycles. The second kappa shape index (κ2) is 7.24. The number of carbonyl (C=O) groups is 1. The zero-order chi connectivity index (χ0) is 14.4. The molecule has 0 radical (unpaired) electrons. The summed E-state index contributed by atoms with van der Waals surface area (Å²) in [5, 5.41) is 9.42. The van der Waals surface area contributed by atoms with Gasteiger partial charge in [-0.25, -0.2) is 0 Å². The number of carboxylic acid groups (broad SMARTS) is 1. The topological polar surface area (TPSA) is 62.7 Å². The molecule has 2 rings (SSSR count). The lowest BCUT2D eigenvalue weighted by Gasteiger charge is -2.33. The largest absolute Gasteiger partial charge is 0.491 e. The highest BCUT2D eigenvalue weighted by molar-refractivity contribution is 5.70. The maximum Gasteiger partial charge on any atom is 0.310 e. The summed E-state index contributed by atoms with van der Waals surface area (Å²) in [5.74, 6) is -0.366. The minimum atomic E-state index is -0.760. The smallest absolute Gasteiger partial charge is 0.310 e. The van der Waals surface area contributed by atoms with Crippen LogP contribution in [0.3, 0.4) is 0 Å². The SMILES string of the molecule is CCN1CCC(C(COc2cccnc2)C(=O)O)CC1. The lowest BCUT2D eigenvalue weighted by atomic mass is 9.84. The van der Waals surface area contributed by atoms with E-state index in [2.05, 4.69) is 16.8 Å². The molecule has 1 saturated heterocycles. The van der Waals surface area contributed by atoms with Crippen LogP contribution in [-0.4, -0.2) is 47.2 Å². The van der Waals surface area contributed by atoms with Crippen molar-refractivity contribution in [3.8, 4) is 5.75 Å². The van der Waals surface area contributed by atoms with Crippen LogP contribution in [0.1, 0.15) is 19.8 Å². The first-order valence-electron chi connectivity index (χ1n) is 7.18. The fraction of sp³-hybridized carbons (Fsp3) is 0.600. The van der Waals surface area contributed by atoms with Crippen LogP contribution in [0.4, 0.5) is 0 Å². The van der Waals surface area contributed by atoms with Crippen LogP contribution < -0.4 is 4.74 Å².